The Bertz CT molecular complexity index is 1710. The summed E-state index contributed by atoms with van der Waals surface area (Å²) in [6, 6.07) is 3.05. The molecule has 0 saturated heterocycles. The van der Waals surface area contributed by atoms with Crippen molar-refractivity contribution in [3.05, 3.63) is 65.7 Å². The number of ketones is 3. The van der Waals surface area contributed by atoms with Gasteiger partial charge in [0.25, 0.3) is 11.4 Å². The summed E-state index contributed by atoms with van der Waals surface area (Å²) in [5.74, 6) is -3.61. The van der Waals surface area contributed by atoms with Gasteiger partial charge in [0.1, 0.15) is 11.6 Å². The summed E-state index contributed by atoms with van der Waals surface area (Å²) in [7, 11) is -3.70. The van der Waals surface area contributed by atoms with Gasteiger partial charge in [0.15, 0.2) is 32.9 Å². The molecule has 0 atom stereocenters. The molecule has 0 unspecified atom stereocenters. The first-order valence-corrected chi connectivity index (χ1v) is 15.7. The van der Waals surface area contributed by atoms with Crippen LogP contribution in [-0.4, -0.2) is 59.9 Å². The van der Waals surface area contributed by atoms with Gasteiger partial charge in [0.2, 0.25) is 0 Å². The van der Waals surface area contributed by atoms with Crippen LogP contribution in [0.25, 0.3) is 0 Å². The third kappa shape index (κ3) is 8.83. The van der Waals surface area contributed by atoms with E-state index in [4.69, 9.17) is 5.73 Å². The summed E-state index contributed by atoms with van der Waals surface area (Å²) in [6.45, 7) is 3.90. The van der Waals surface area contributed by atoms with E-state index in [-0.39, 0.29) is 36.9 Å². The summed E-state index contributed by atoms with van der Waals surface area (Å²) in [4.78, 5) is 67.7. The van der Waals surface area contributed by atoms with Gasteiger partial charge >= 0.3 is 11.9 Å². The maximum atomic E-state index is 13.0. The molecular formula is C27H30F3N5O11S. The molecule has 3 rings (SSSR count). The van der Waals surface area contributed by atoms with Crippen LogP contribution in [0, 0.1) is 36.3 Å². The van der Waals surface area contributed by atoms with Crippen LogP contribution in [0.5, 0.6) is 0 Å². The third-order valence-corrected chi connectivity index (χ3v) is 8.00. The number of carbonyl (C=O) groups excluding carboxylic acids is 3. The number of Topliss-reactive ketones (excluding diaryl/α,β-unsaturated/α-hetero) is 3. The quantitative estimate of drug-likeness (QED) is 0.109. The topological polar surface area (TPSA) is 244 Å². The summed E-state index contributed by atoms with van der Waals surface area (Å²) in [5, 5.41) is 33.7. The minimum absolute atomic E-state index is 0.0668. The third-order valence-electron chi connectivity index (χ3n) is 6.89. The van der Waals surface area contributed by atoms with E-state index in [0.717, 1.165) is 24.5 Å². The molecule has 2 aromatic rings. The second kappa shape index (κ2) is 15.1. The van der Waals surface area contributed by atoms with E-state index < -0.39 is 93.6 Å². The average molecular weight is 690 g/mol. The molecule has 1 saturated carbocycles. The Kier molecular flexibility index (Phi) is 12.2. The van der Waals surface area contributed by atoms with Crippen LogP contribution in [0.1, 0.15) is 61.9 Å². The van der Waals surface area contributed by atoms with Gasteiger partial charge in [-0.05, 0) is 31.4 Å². The van der Waals surface area contributed by atoms with Crippen molar-refractivity contribution in [2.24, 2.45) is 5.92 Å². The SMILES string of the molecule is CCCN(CCC)c1c([N+](=O)[O-])cc(C(F)(F)F)c(N)c1[N+](=O)[O-].CS(=O)(=O)c1ccc(C(=O)C2C(=O)CCCC2=O)c([N+](=O)[O-])c1. The van der Waals surface area contributed by atoms with E-state index >= 15 is 0 Å². The maximum Gasteiger partial charge on any atom is 0.418 e. The Balaban J connectivity index is 0.000000327. The van der Waals surface area contributed by atoms with Gasteiger partial charge in [-0.25, -0.2) is 8.42 Å². The number of benzene rings is 2. The number of nitro groups is 3. The molecule has 0 heterocycles. The van der Waals surface area contributed by atoms with Crippen LogP contribution in [-0.2, 0) is 25.6 Å². The smallest absolute Gasteiger partial charge is 0.393 e. The average Bonchev–Trinajstić information content (AvgIpc) is 2.95. The Hall–Kier alpha value is -5.01. The monoisotopic (exact) mass is 689 g/mol. The molecule has 1 aliphatic rings. The van der Waals surface area contributed by atoms with Gasteiger partial charge in [-0.2, -0.15) is 13.2 Å². The first kappa shape index (κ1) is 38.2. The number of hydrogen-bond acceptors (Lipinski definition) is 13. The van der Waals surface area contributed by atoms with E-state index in [2.05, 4.69) is 0 Å². The van der Waals surface area contributed by atoms with Crippen molar-refractivity contribution < 1.29 is 50.7 Å². The Morgan fingerprint density at radius 2 is 1.45 bits per heavy atom. The number of nitrogens with zero attached hydrogens (tertiary/aromatic N) is 4. The Morgan fingerprint density at radius 3 is 1.85 bits per heavy atom. The highest BCUT2D eigenvalue weighted by molar-refractivity contribution is 7.90. The normalized spacial score (nSPS) is 13.8. The number of sulfone groups is 1. The first-order chi connectivity index (χ1) is 21.7. The van der Waals surface area contributed by atoms with Crippen molar-refractivity contribution in [3.8, 4) is 0 Å². The van der Waals surface area contributed by atoms with E-state index in [1.165, 1.54) is 4.90 Å². The zero-order valence-corrected chi connectivity index (χ0v) is 26.1. The fourth-order valence-electron chi connectivity index (χ4n) is 4.86. The number of hydrogen-bond donors (Lipinski definition) is 1. The summed E-state index contributed by atoms with van der Waals surface area (Å²) in [6.07, 6.45) is -2.68. The number of nitrogen functional groups attached to an aromatic ring is 1. The summed E-state index contributed by atoms with van der Waals surface area (Å²) >= 11 is 0. The van der Waals surface area contributed by atoms with Crippen molar-refractivity contribution in [1.82, 2.24) is 0 Å². The van der Waals surface area contributed by atoms with E-state index in [1.54, 1.807) is 13.8 Å². The standard InChI is InChI=1S/C14H13NO7S.C13H17F3N4O4/c1-23(21,22)8-5-6-9(10(7-8)15(19)20)14(18)13-11(16)3-2-4-12(13)17;1-3-5-18(6-4-2)11-9(19(21)22)7-8(13(14,15)16)10(17)12(11)20(23)24/h5-7,13H,2-4H2,1H3;7H,3-6,17H2,1-2H3. The van der Waals surface area contributed by atoms with Gasteiger partial charge in [0.05, 0.1) is 30.8 Å². The van der Waals surface area contributed by atoms with Crippen molar-refractivity contribution >= 4 is 55.6 Å². The Labute approximate surface area is 265 Å². The molecule has 256 valence electrons. The molecule has 20 heteroatoms. The molecular weight excluding hydrogens is 659 g/mol. The van der Waals surface area contributed by atoms with Gasteiger partial charge in [-0.3, -0.25) is 44.7 Å². The maximum absolute atomic E-state index is 13.0. The van der Waals surface area contributed by atoms with Crippen LogP contribution >= 0.6 is 0 Å². The molecule has 47 heavy (non-hydrogen) atoms. The molecule has 1 fully saturated rings. The highest BCUT2D eigenvalue weighted by atomic mass is 32.2. The number of halogens is 3. The van der Waals surface area contributed by atoms with E-state index in [0.29, 0.717) is 19.3 Å². The molecule has 16 nitrogen and oxygen atoms in total. The highest BCUT2D eigenvalue weighted by Gasteiger charge is 2.43. The fourth-order valence-corrected chi connectivity index (χ4v) is 5.50. The number of nitro benzene ring substituents is 3. The van der Waals surface area contributed by atoms with Crippen LogP contribution < -0.4 is 10.6 Å². The van der Waals surface area contributed by atoms with Gasteiger partial charge in [-0.1, -0.05) is 13.8 Å². The molecule has 0 bridgehead atoms. The molecule has 0 spiro atoms. The zero-order valence-electron chi connectivity index (χ0n) is 25.2. The number of rotatable bonds is 11. The molecule has 2 aromatic carbocycles. The minimum Gasteiger partial charge on any atom is -0.393 e. The number of alkyl halides is 3. The molecule has 0 radical (unpaired) electrons. The second-order valence-corrected chi connectivity index (χ2v) is 12.4. The number of carbonyl (C=O) groups is 3. The molecule has 0 aromatic heterocycles. The fraction of sp³-hybridized carbons (Fsp3) is 0.444. The van der Waals surface area contributed by atoms with Gasteiger partial charge in [-0.15, -0.1) is 0 Å². The number of nitrogens with two attached hydrogens (primary N) is 1. The van der Waals surface area contributed by atoms with Crippen molar-refractivity contribution in [2.75, 3.05) is 30.0 Å². The van der Waals surface area contributed by atoms with Gasteiger partial charge < -0.3 is 10.6 Å². The predicted molar refractivity (Wildman–Crippen MR) is 160 cm³/mol. The lowest BCUT2D eigenvalue weighted by Gasteiger charge is -2.24. The number of anilines is 2. The molecule has 1 aliphatic carbocycles. The molecule has 0 aliphatic heterocycles. The van der Waals surface area contributed by atoms with E-state index in [1.807, 2.05) is 0 Å². The van der Waals surface area contributed by atoms with Crippen molar-refractivity contribution in [2.45, 2.75) is 57.0 Å². The van der Waals surface area contributed by atoms with Crippen LogP contribution in [0.2, 0.25) is 0 Å². The zero-order chi connectivity index (χ0) is 36.0. The lowest BCUT2D eigenvalue weighted by Crippen LogP contribution is -2.35. The highest BCUT2D eigenvalue weighted by Crippen LogP contribution is 2.48. The molecule has 0 amide bonds. The molecule has 2 N–H and O–H groups in total. The van der Waals surface area contributed by atoms with Crippen LogP contribution in [0.4, 0.5) is 41.6 Å². The lowest BCUT2D eigenvalue weighted by molar-refractivity contribution is -0.392. The first-order valence-electron chi connectivity index (χ1n) is 13.8. The largest absolute Gasteiger partial charge is 0.418 e. The van der Waals surface area contributed by atoms with Crippen LogP contribution in [0.15, 0.2) is 29.2 Å². The second-order valence-electron chi connectivity index (χ2n) is 10.3. The summed E-state index contributed by atoms with van der Waals surface area (Å²) < 4.78 is 62.0. The lowest BCUT2D eigenvalue weighted by atomic mass is 9.81. The van der Waals surface area contributed by atoms with E-state index in [9.17, 15) is 66.3 Å². The minimum atomic E-state index is -5.04. The van der Waals surface area contributed by atoms with Crippen molar-refractivity contribution in [3.63, 3.8) is 0 Å². The van der Waals surface area contributed by atoms with Crippen molar-refractivity contribution in [1.29, 1.82) is 0 Å². The Morgan fingerprint density at radius 1 is 0.936 bits per heavy atom. The van der Waals surface area contributed by atoms with Gasteiger partial charge in [0, 0.05) is 44.3 Å². The summed E-state index contributed by atoms with van der Waals surface area (Å²) in [5.41, 5.74) is -1.07. The predicted octanol–water partition coefficient (Wildman–Crippen LogP) is 4.85. The van der Waals surface area contributed by atoms with Crippen LogP contribution in [0.3, 0.4) is 0 Å².